The number of nitrogens with two attached hydrogens (primary N) is 1. The minimum Gasteiger partial charge on any atom is -0.399 e. The third kappa shape index (κ3) is 3.10. The molecule has 0 aromatic heterocycles. The number of rotatable bonds is 3. The van der Waals surface area contributed by atoms with Crippen molar-refractivity contribution in [1.29, 1.82) is 0 Å². The summed E-state index contributed by atoms with van der Waals surface area (Å²) in [5, 5.41) is -0.383. The van der Waals surface area contributed by atoms with Gasteiger partial charge in [-0.2, -0.15) is 0 Å². The fourth-order valence-electron chi connectivity index (χ4n) is 2.72. The fourth-order valence-corrected chi connectivity index (χ4v) is 3.77. The van der Waals surface area contributed by atoms with Crippen LogP contribution in [0.3, 0.4) is 0 Å². The first-order chi connectivity index (χ1) is 11.0. The third-order valence-corrected chi connectivity index (χ3v) is 5.05. The Bertz CT molecular complexity index is 771. The van der Waals surface area contributed by atoms with Gasteiger partial charge in [-0.3, -0.25) is 9.59 Å². The summed E-state index contributed by atoms with van der Waals surface area (Å²) in [6.45, 7) is 3.91. The lowest BCUT2D eigenvalue weighted by atomic mass is 10.1. The van der Waals surface area contributed by atoms with Crippen molar-refractivity contribution in [3.63, 3.8) is 0 Å². The summed E-state index contributed by atoms with van der Waals surface area (Å²) in [5.74, 6) is -0.293. The highest BCUT2D eigenvalue weighted by Gasteiger charge is 2.40. The lowest BCUT2D eigenvalue weighted by Crippen LogP contribution is -2.31. The molecule has 23 heavy (non-hydrogen) atoms. The Hall–Kier alpha value is -2.27. The van der Waals surface area contributed by atoms with Crippen molar-refractivity contribution in [2.75, 3.05) is 10.6 Å². The van der Waals surface area contributed by atoms with Crippen molar-refractivity contribution in [1.82, 2.24) is 0 Å². The summed E-state index contributed by atoms with van der Waals surface area (Å²) in [6.07, 6.45) is 0.223. The maximum atomic E-state index is 12.7. The molecule has 0 bridgehead atoms. The summed E-state index contributed by atoms with van der Waals surface area (Å²) in [7, 11) is 0. The zero-order valence-electron chi connectivity index (χ0n) is 13.1. The normalized spacial score (nSPS) is 17.8. The molecule has 3 rings (SSSR count). The Morgan fingerprint density at radius 3 is 2.43 bits per heavy atom. The highest BCUT2D eigenvalue weighted by atomic mass is 32.2. The molecule has 118 valence electrons. The summed E-state index contributed by atoms with van der Waals surface area (Å²) >= 11 is 1.41. The molecule has 2 aromatic rings. The fraction of sp³-hybridized carbons (Fsp3) is 0.222. The van der Waals surface area contributed by atoms with Gasteiger partial charge >= 0.3 is 0 Å². The Kier molecular flexibility index (Phi) is 4.13. The van der Waals surface area contributed by atoms with Crippen LogP contribution in [0, 0.1) is 13.8 Å². The van der Waals surface area contributed by atoms with Crippen molar-refractivity contribution in [2.24, 2.45) is 0 Å². The standard InChI is InChI=1S/C18H18N2O2S/c1-11-3-8-15(12(2)9-11)20-17(21)10-16(18(20)22)23-14-6-4-13(19)5-7-14/h3-9,16H,10,19H2,1-2H3. The predicted molar refractivity (Wildman–Crippen MR) is 93.5 cm³/mol. The smallest absolute Gasteiger partial charge is 0.247 e. The number of anilines is 2. The molecule has 2 amide bonds. The van der Waals surface area contributed by atoms with Crippen LogP contribution in [0.2, 0.25) is 0 Å². The number of nitrogens with zero attached hydrogens (tertiary/aromatic N) is 1. The molecule has 2 N–H and O–H groups in total. The molecular weight excluding hydrogens is 308 g/mol. The summed E-state index contributed by atoms with van der Waals surface area (Å²) in [5.41, 5.74) is 9.08. The largest absolute Gasteiger partial charge is 0.399 e. The average Bonchev–Trinajstić information content (AvgIpc) is 2.77. The monoisotopic (exact) mass is 326 g/mol. The van der Waals surface area contributed by atoms with Gasteiger partial charge in [-0.15, -0.1) is 11.8 Å². The number of benzene rings is 2. The molecule has 1 atom stereocenters. The molecule has 2 aromatic carbocycles. The minimum atomic E-state index is -0.383. The minimum absolute atomic E-state index is 0.144. The number of carbonyl (C=O) groups is 2. The summed E-state index contributed by atoms with van der Waals surface area (Å²) < 4.78 is 0. The first-order valence-corrected chi connectivity index (χ1v) is 8.30. The molecule has 4 nitrogen and oxygen atoms in total. The maximum Gasteiger partial charge on any atom is 0.247 e. The van der Waals surface area contributed by atoms with Crippen LogP contribution in [0.4, 0.5) is 11.4 Å². The van der Waals surface area contributed by atoms with Crippen molar-refractivity contribution in [2.45, 2.75) is 30.4 Å². The number of amides is 2. The lowest BCUT2D eigenvalue weighted by Gasteiger charge is -2.17. The van der Waals surface area contributed by atoms with Gasteiger partial charge in [-0.25, -0.2) is 4.90 Å². The van der Waals surface area contributed by atoms with Crippen LogP contribution in [0.1, 0.15) is 17.5 Å². The van der Waals surface area contributed by atoms with Crippen LogP contribution in [0.25, 0.3) is 0 Å². The lowest BCUT2D eigenvalue weighted by molar-refractivity contribution is -0.121. The van der Waals surface area contributed by atoms with E-state index in [4.69, 9.17) is 5.73 Å². The van der Waals surface area contributed by atoms with Crippen molar-refractivity contribution in [3.8, 4) is 0 Å². The zero-order chi connectivity index (χ0) is 16.6. The van der Waals surface area contributed by atoms with E-state index in [-0.39, 0.29) is 23.5 Å². The van der Waals surface area contributed by atoms with Crippen LogP contribution in [-0.2, 0) is 9.59 Å². The number of thioether (sulfide) groups is 1. The van der Waals surface area contributed by atoms with E-state index in [2.05, 4.69) is 0 Å². The number of aryl methyl sites for hydroxylation is 2. The molecule has 1 saturated heterocycles. The summed E-state index contributed by atoms with van der Waals surface area (Å²) in [6, 6.07) is 13.1. The van der Waals surface area contributed by atoms with E-state index in [0.717, 1.165) is 16.0 Å². The highest BCUT2D eigenvalue weighted by molar-refractivity contribution is 8.00. The van der Waals surface area contributed by atoms with Gasteiger partial charge in [0, 0.05) is 17.0 Å². The Morgan fingerprint density at radius 2 is 1.78 bits per heavy atom. The van der Waals surface area contributed by atoms with Crippen molar-refractivity contribution in [3.05, 3.63) is 53.6 Å². The third-order valence-electron chi connectivity index (χ3n) is 3.86. The van der Waals surface area contributed by atoms with Gasteiger partial charge in [0.05, 0.1) is 10.9 Å². The predicted octanol–water partition coefficient (Wildman–Crippen LogP) is 3.31. The quantitative estimate of drug-likeness (QED) is 0.694. The number of hydrogen-bond donors (Lipinski definition) is 1. The highest BCUT2D eigenvalue weighted by Crippen LogP contribution is 2.35. The molecule has 0 aliphatic carbocycles. The maximum absolute atomic E-state index is 12.7. The molecule has 1 aliphatic rings. The Morgan fingerprint density at radius 1 is 1.09 bits per heavy atom. The average molecular weight is 326 g/mol. The molecule has 0 radical (unpaired) electrons. The molecule has 1 aliphatic heterocycles. The number of imide groups is 1. The van der Waals surface area contributed by atoms with Gasteiger partial charge in [-0.05, 0) is 49.7 Å². The second-order valence-electron chi connectivity index (χ2n) is 5.74. The first kappa shape index (κ1) is 15.6. The SMILES string of the molecule is Cc1ccc(N2C(=O)CC(Sc3ccc(N)cc3)C2=O)c(C)c1. The van der Waals surface area contributed by atoms with Gasteiger partial charge in [0.25, 0.3) is 0 Å². The van der Waals surface area contributed by atoms with Gasteiger partial charge in [0.15, 0.2) is 0 Å². The molecule has 0 spiro atoms. The van der Waals surface area contributed by atoms with Gasteiger partial charge in [0.1, 0.15) is 0 Å². The zero-order valence-corrected chi connectivity index (χ0v) is 13.9. The Labute approximate surface area is 139 Å². The Balaban J connectivity index is 1.83. The summed E-state index contributed by atoms with van der Waals surface area (Å²) in [4.78, 5) is 27.3. The van der Waals surface area contributed by atoms with Crippen LogP contribution in [0.5, 0.6) is 0 Å². The molecule has 1 heterocycles. The van der Waals surface area contributed by atoms with Crippen LogP contribution >= 0.6 is 11.8 Å². The van der Waals surface area contributed by atoms with E-state index in [1.807, 2.05) is 44.2 Å². The number of hydrogen-bond acceptors (Lipinski definition) is 4. The van der Waals surface area contributed by atoms with E-state index in [1.165, 1.54) is 16.7 Å². The van der Waals surface area contributed by atoms with E-state index in [0.29, 0.717) is 11.4 Å². The van der Waals surface area contributed by atoms with Gasteiger partial charge < -0.3 is 5.73 Å². The van der Waals surface area contributed by atoms with E-state index < -0.39 is 0 Å². The second kappa shape index (κ2) is 6.08. The molecule has 1 fully saturated rings. The van der Waals surface area contributed by atoms with Crippen LogP contribution < -0.4 is 10.6 Å². The van der Waals surface area contributed by atoms with E-state index in [9.17, 15) is 9.59 Å². The van der Waals surface area contributed by atoms with E-state index in [1.54, 1.807) is 12.1 Å². The molecular formula is C18H18N2O2S. The van der Waals surface area contributed by atoms with Gasteiger partial charge in [0.2, 0.25) is 11.8 Å². The van der Waals surface area contributed by atoms with E-state index >= 15 is 0 Å². The van der Waals surface area contributed by atoms with Crippen LogP contribution in [-0.4, -0.2) is 17.1 Å². The second-order valence-corrected chi connectivity index (χ2v) is 7.01. The number of nitrogen functional groups attached to an aromatic ring is 1. The number of carbonyl (C=O) groups excluding carboxylic acids is 2. The van der Waals surface area contributed by atoms with Crippen molar-refractivity contribution < 1.29 is 9.59 Å². The molecule has 0 saturated carbocycles. The van der Waals surface area contributed by atoms with Crippen LogP contribution in [0.15, 0.2) is 47.4 Å². The van der Waals surface area contributed by atoms with Gasteiger partial charge in [-0.1, -0.05) is 17.7 Å². The molecule has 5 heteroatoms. The molecule has 1 unspecified atom stereocenters. The first-order valence-electron chi connectivity index (χ1n) is 7.42. The topological polar surface area (TPSA) is 63.4 Å². The van der Waals surface area contributed by atoms with Crippen molar-refractivity contribution >= 4 is 35.0 Å².